The second-order valence-electron chi connectivity index (χ2n) is 5.77. The fraction of sp³-hybridized carbons (Fsp3) is 0.250. The maximum absolute atomic E-state index is 14.0. The van der Waals surface area contributed by atoms with E-state index in [1.54, 1.807) is 61.9 Å². The molecule has 0 aliphatic carbocycles. The summed E-state index contributed by atoms with van der Waals surface area (Å²) in [6.45, 7) is 3.17. The van der Waals surface area contributed by atoms with Crippen molar-refractivity contribution in [3.05, 3.63) is 60.4 Å². The first-order chi connectivity index (χ1) is 11.3. The molecular weight excluding hydrogens is 336 g/mol. The molecule has 1 aromatic heterocycles. The van der Waals surface area contributed by atoms with Gasteiger partial charge in [0.05, 0.1) is 18.6 Å². The Morgan fingerprint density at radius 3 is 2.21 bits per heavy atom. The minimum Gasteiger partial charge on any atom is -0.253 e. The van der Waals surface area contributed by atoms with Gasteiger partial charge in [-0.1, -0.05) is 24.3 Å². The molecule has 2 heterocycles. The van der Waals surface area contributed by atoms with Crippen LogP contribution in [0.5, 0.6) is 0 Å². The predicted molar refractivity (Wildman–Crippen MR) is 89.3 cm³/mol. The Bertz CT molecular complexity index is 788. The number of pyridine rings is 1. The highest BCUT2D eigenvalue weighted by Gasteiger charge is 2.73. The zero-order valence-corrected chi connectivity index (χ0v) is 14.0. The van der Waals surface area contributed by atoms with Crippen LogP contribution in [0.3, 0.4) is 0 Å². The molecule has 1 unspecified atom stereocenters. The topological polar surface area (TPSA) is 50.0 Å². The normalized spacial score (nSPS) is 21.0. The summed E-state index contributed by atoms with van der Waals surface area (Å²) >= 11 is 0. The Morgan fingerprint density at radius 2 is 1.62 bits per heavy atom. The van der Waals surface area contributed by atoms with Crippen LogP contribution in [0.1, 0.15) is 5.69 Å². The monoisotopic (exact) mass is 351 g/mol. The number of alkyl halides is 3. The maximum Gasteiger partial charge on any atom is 0.475 e. The summed E-state index contributed by atoms with van der Waals surface area (Å²) in [4.78, 5) is 7.98. The van der Waals surface area contributed by atoms with Crippen LogP contribution in [0, 0.1) is 0 Å². The molecule has 0 N–H and O–H groups in total. The van der Waals surface area contributed by atoms with E-state index in [1.165, 1.54) is 6.20 Å². The number of rotatable bonds is 3. The van der Waals surface area contributed by atoms with Crippen molar-refractivity contribution < 1.29 is 13.2 Å². The summed E-state index contributed by atoms with van der Waals surface area (Å²) in [6, 6.07) is 13.5. The highest BCUT2D eigenvalue weighted by Crippen LogP contribution is 2.69. The third-order valence-electron chi connectivity index (χ3n) is 4.00. The largest absolute Gasteiger partial charge is 0.475 e. The van der Waals surface area contributed by atoms with Gasteiger partial charge in [-0.2, -0.15) is 18.2 Å². The van der Waals surface area contributed by atoms with Crippen LogP contribution in [-0.4, -0.2) is 35.7 Å². The van der Waals surface area contributed by atoms with Crippen molar-refractivity contribution >= 4 is 18.4 Å². The van der Waals surface area contributed by atoms with E-state index in [0.29, 0.717) is 5.30 Å². The van der Waals surface area contributed by atoms with Crippen molar-refractivity contribution in [3.63, 3.8) is 0 Å². The van der Waals surface area contributed by atoms with Crippen molar-refractivity contribution in [2.45, 2.75) is 11.6 Å². The number of nitrogens with zero attached hydrogens (tertiary/aromatic N) is 4. The number of amidine groups is 1. The number of aromatic nitrogens is 1. The molecule has 1 aliphatic rings. The second-order valence-corrected chi connectivity index (χ2v) is 9.82. The summed E-state index contributed by atoms with van der Waals surface area (Å²) in [5.41, 5.74) is 0.278. The van der Waals surface area contributed by atoms with Gasteiger partial charge in [0.1, 0.15) is 13.0 Å². The van der Waals surface area contributed by atoms with Gasteiger partial charge in [-0.25, -0.2) is 0 Å². The maximum atomic E-state index is 14.0. The second kappa shape index (κ2) is 5.74. The van der Waals surface area contributed by atoms with Crippen molar-refractivity contribution in [2.75, 3.05) is 13.3 Å². The molecule has 4 nitrogen and oxygen atoms in total. The highest BCUT2D eigenvalue weighted by atomic mass is 31.2. The molecule has 0 amide bonds. The van der Waals surface area contributed by atoms with Crippen molar-refractivity contribution in [1.29, 1.82) is 0 Å². The molecule has 0 spiro atoms. The quantitative estimate of drug-likeness (QED) is 0.768. The number of aliphatic imine (C=N–C) groups is 1. The van der Waals surface area contributed by atoms with Gasteiger partial charge in [-0.15, -0.1) is 10.2 Å². The molecule has 1 atom stereocenters. The third kappa shape index (κ3) is 2.53. The van der Waals surface area contributed by atoms with Gasteiger partial charge < -0.3 is 0 Å². The first kappa shape index (κ1) is 16.7. The van der Waals surface area contributed by atoms with E-state index >= 15 is 0 Å². The Morgan fingerprint density at radius 1 is 0.958 bits per heavy atom. The lowest BCUT2D eigenvalue weighted by atomic mass is 10.3. The lowest BCUT2D eigenvalue weighted by Crippen LogP contribution is -2.45. The fourth-order valence-corrected chi connectivity index (χ4v) is 5.09. The van der Waals surface area contributed by atoms with Crippen LogP contribution in [0.2, 0.25) is 0 Å². The van der Waals surface area contributed by atoms with Crippen LogP contribution >= 0.6 is 7.26 Å². The molecule has 8 heteroatoms. The fourth-order valence-electron chi connectivity index (χ4n) is 2.57. The summed E-state index contributed by atoms with van der Waals surface area (Å²) in [7, 11) is -2.85. The van der Waals surface area contributed by atoms with Crippen LogP contribution in [-0.2, 0) is 0 Å². The van der Waals surface area contributed by atoms with E-state index < -0.39 is 18.8 Å². The van der Waals surface area contributed by atoms with Crippen molar-refractivity contribution in [2.24, 2.45) is 15.2 Å². The van der Waals surface area contributed by atoms with Gasteiger partial charge >= 0.3 is 11.6 Å². The Balaban J connectivity index is 2.16. The minimum absolute atomic E-state index is 0.0862. The summed E-state index contributed by atoms with van der Waals surface area (Å²) in [5, 5.41) is 5.40. The average Bonchev–Trinajstić information content (AvgIpc) is 3.04. The Kier molecular flexibility index (Phi) is 4.00. The van der Waals surface area contributed by atoms with Crippen LogP contribution in [0.15, 0.2) is 69.9 Å². The Hall–Kier alpha value is -2.14. The molecule has 2 aromatic rings. The van der Waals surface area contributed by atoms with Crippen LogP contribution < -0.4 is 5.30 Å². The van der Waals surface area contributed by atoms with E-state index in [-0.39, 0.29) is 11.5 Å². The molecule has 1 aliphatic heterocycles. The summed E-state index contributed by atoms with van der Waals surface area (Å²) < 4.78 is 42.1. The first-order valence-corrected chi connectivity index (χ1v) is 9.87. The van der Waals surface area contributed by atoms with E-state index in [1.807, 2.05) is 0 Å². The van der Waals surface area contributed by atoms with Gasteiger partial charge in [-0.3, -0.25) is 4.98 Å². The zero-order chi connectivity index (χ0) is 17.4. The number of hydrogen-bond donors (Lipinski definition) is 0. The molecule has 0 radical (unpaired) electrons. The molecular formula is C16H15F3N4P+. The van der Waals surface area contributed by atoms with Gasteiger partial charge in [0.2, 0.25) is 5.84 Å². The number of benzene rings is 1. The van der Waals surface area contributed by atoms with E-state index in [0.717, 1.165) is 0 Å². The number of hydrogen-bond acceptors (Lipinski definition) is 4. The third-order valence-corrected chi connectivity index (χ3v) is 7.59. The van der Waals surface area contributed by atoms with Gasteiger partial charge in [0.25, 0.3) is 0 Å². The van der Waals surface area contributed by atoms with Gasteiger partial charge in [0, 0.05) is 6.20 Å². The average molecular weight is 351 g/mol. The minimum atomic E-state index is -4.65. The molecule has 0 fully saturated rings. The molecule has 24 heavy (non-hydrogen) atoms. The van der Waals surface area contributed by atoms with Crippen LogP contribution in [0.4, 0.5) is 13.2 Å². The van der Waals surface area contributed by atoms with Crippen LogP contribution in [0.25, 0.3) is 0 Å². The lowest BCUT2D eigenvalue weighted by Gasteiger charge is -2.32. The van der Waals surface area contributed by atoms with E-state index in [2.05, 4.69) is 20.2 Å². The molecule has 0 saturated carbocycles. The van der Waals surface area contributed by atoms with E-state index in [9.17, 15) is 13.2 Å². The standard InChI is InChI=1S/C16H15F3N4P/c1-24(2,12-8-4-3-5-9-12)16(15(17,18)19)21-14(22-23-16)13-10-6-7-11-20-13/h3-11H,1-2H3/q+1. The molecule has 3 rings (SSSR count). The zero-order valence-electron chi connectivity index (χ0n) is 13.1. The summed E-state index contributed by atoms with van der Waals surface area (Å²) in [6.07, 6.45) is -3.17. The van der Waals surface area contributed by atoms with E-state index in [4.69, 9.17) is 0 Å². The van der Waals surface area contributed by atoms with Crippen molar-refractivity contribution in [3.8, 4) is 0 Å². The van der Waals surface area contributed by atoms with Gasteiger partial charge in [-0.05, 0) is 24.3 Å². The Labute approximate surface area is 137 Å². The first-order valence-electron chi connectivity index (χ1n) is 7.18. The van der Waals surface area contributed by atoms with Crippen molar-refractivity contribution in [1.82, 2.24) is 4.98 Å². The number of azo groups is 1. The lowest BCUT2D eigenvalue weighted by molar-refractivity contribution is -0.157. The van der Waals surface area contributed by atoms with Gasteiger partial charge in [0.15, 0.2) is 0 Å². The molecule has 0 bridgehead atoms. The summed E-state index contributed by atoms with van der Waals surface area (Å²) in [5.74, 6) is -0.0862. The molecule has 1 aromatic carbocycles. The SMILES string of the molecule is C[P+](C)(c1ccccc1)C1(C(F)(F)F)N=NC(c2ccccn2)=N1. The predicted octanol–water partition coefficient (Wildman–Crippen LogP) is 4.11. The highest BCUT2D eigenvalue weighted by molar-refractivity contribution is 7.83. The smallest absolute Gasteiger partial charge is 0.253 e. The molecule has 124 valence electrons. The number of halogens is 3. The molecule has 0 saturated heterocycles.